The maximum absolute atomic E-state index is 15.0. The van der Waals surface area contributed by atoms with Gasteiger partial charge in [-0.05, 0) is 19.1 Å². The minimum Gasteiger partial charge on any atom is -0.465 e. The number of halogens is 7. The highest BCUT2D eigenvalue weighted by molar-refractivity contribution is 6.77. The first-order valence-electron chi connectivity index (χ1n) is 7.69. The number of anilines is 1. The topological polar surface area (TPSA) is 66.3 Å². The van der Waals surface area contributed by atoms with Crippen LogP contribution in [0.2, 0.25) is 0 Å². The highest BCUT2D eigenvalue weighted by atomic mass is 35.6. The third-order valence-electron chi connectivity index (χ3n) is 3.32. The van der Waals surface area contributed by atoms with Gasteiger partial charge in [0.05, 0.1) is 6.61 Å². The molecule has 1 aromatic carbocycles. The van der Waals surface area contributed by atoms with Gasteiger partial charge in [0.25, 0.3) is 0 Å². The van der Waals surface area contributed by atoms with Crippen LogP contribution in [0.25, 0.3) is 0 Å². The Balaban J connectivity index is 2.46. The summed E-state index contributed by atoms with van der Waals surface area (Å²) in [5, 5.41) is 2.89. The molecule has 1 atom stereocenters. The van der Waals surface area contributed by atoms with E-state index in [0.29, 0.717) is 5.69 Å². The van der Waals surface area contributed by atoms with Gasteiger partial charge in [0.2, 0.25) is 13.8 Å². The number of rotatable bonds is 5. The van der Waals surface area contributed by atoms with Gasteiger partial charge in [-0.1, -0.05) is 86.2 Å². The molecule has 13 heteroatoms. The number of para-hydroxylation sites is 1. The molecule has 0 amide bonds. The second-order valence-corrected chi connectivity index (χ2v) is 9.97. The van der Waals surface area contributed by atoms with Gasteiger partial charge in [0.1, 0.15) is 6.54 Å². The van der Waals surface area contributed by atoms with Crippen molar-refractivity contribution in [2.75, 3.05) is 18.5 Å². The first-order chi connectivity index (χ1) is 12.9. The van der Waals surface area contributed by atoms with Crippen LogP contribution in [-0.2, 0) is 9.53 Å². The fourth-order valence-electron chi connectivity index (χ4n) is 2.18. The Hall–Kier alpha value is -0.700. The van der Waals surface area contributed by atoms with Crippen molar-refractivity contribution in [2.45, 2.75) is 20.7 Å². The molecule has 0 saturated heterocycles. The molecule has 0 spiro atoms. The van der Waals surface area contributed by atoms with E-state index in [-0.39, 0.29) is 35.5 Å². The lowest BCUT2D eigenvalue weighted by molar-refractivity contribution is -0.140. The second-order valence-electron chi connectivity index (χ2n) is 5.32. The average Bonchev–Trinajstić information content (AvgIpc) is 2.59. The number of hydrogen-bond acceptors (Lipinski definition) is 6. The van der Waals surface area contributed by atoms with Gasteiger partial charge in [-0.2, -0.15) is 5.12 Å². The van der Waals surface area contributed by atoms with E-state index in [4.69, 9.17) is 74.3 Å². The largest absolute Gasteiger partial charge is 0.465 e. The van der Waals surface area contributed by atoms with Gasteiger partial charge in [-0.15, -0.1) is 0 Å². The number of alkyl halides is 6. The molecule has 1 aliphatic heterocycles. The summed E-state index contributed by atoms with van der Waals surface area (Å²) >= 11 is 35.1. The molecule has 0 bridgehead atoms. The van der Waals surface area contributed by atoms with Crippen LogP contribution >= 0.6 is 69.6 Å². The summed E-state index contributed by atoms with van der Waals surface area (Å²) in [6.07, 6.45) is -1.66. The van der Waals surface area contributed by atoms with E-state index in [0.717, 1.165) is 0 Å². The lowest BCUT2D eigenvalue weighted by Gasteiger charge is -2.33. The zero-order valence-electron chi connectivity index (χ0n) is 14.1. The molecular formula is C15H13Cl6FN4O2. The second kappa shape index (κ2) is 9.41. The van der Waals surface area contributed by atoms with Crippen molar-refractivity contribution < 1.29 is 14.0 Å². The maximum Gasteiger partial charge on any atom is 0.325 e. The number of ether oxygens (including phenoxy) is 1. The number of nitrogens with one attached hydrogen (secondary N) is 1. The van der Waals surface area contributed by atoms with Gasteiger partial charge in [-0.3, -0.25) is 4.79 Å². The first-order valence-corrected chi connectivity index (χ1v) is 9.96. The summed E-state index contributed by atoms with van der Waals surface area (Å²) in [6.45, 7) is 1.74. The van der Waals surface area contributed by atoms with E-state index in [1.165, 1.54) is 6.07 Å². The maximum atomic E-state index is 15.0. The Kier molecular flexibility index (Phi) is 7.92. The van der Waals surface area contributed by atoms with Crippen LogP contribution in [-0.4, -0.2) is 49.7 Å². The summed E-state index contributed by atoms with van der Waals surface area (Å²) < 4.78 is 15.6. The van der Waals surface area contributed by atoms with Gasteiger partial charge in [0.15, 0.2) is 11.7 Å². The Morgan fingerprint density at radius 2 is 1.89 bits per heavy atom. The van der Waals surface area contributed by atoms with Crippen LogP contribution in [0.1, 0.15) is 12.5 Å². The summed E-state index contributed by atoms with van der Waals surface area (Å²) in [5.41, 5.74) is 0.570. The van der Waals surface area contributed by atoms with Crippen LogP contribution in [0.3, 0.4) is 0 Å². The highest BCUT2D eigenvalue weighted by Crippen LogP contribution is 2.40. The fourth-order valence-corrected chi connectivity index (χ4v) is 2.86. The normalized spacial score (nSPS) is 17.7. The van der Waals surface area contributed by atoms with Crippen LogP contribution in [0, 0.1) is 0 Å². The number of esters is 1. The van der Waals surface area contributed by atoms with Crippen molar-refractivity contribution in [1.29, 1.82) is 0 Å². The van der Waals surface area contributed by atoms with Crippen LogP contribution < -0.4 is 5.32 Å². The summed E-state index contributed by atoms with van der Waals surface area (Å²) in [5.74, 6) is -1.18. The van der Waals surface area contributed by atoms with E-state index < -0.39 is 19.7 Å². The lowest BCUT2D eigenvalue weighted by atomic mass is 10.1. The molecule has 1 heterocycles. The summed E-state index contributed by atoms with van der Waals surface area (Å²) in [7, 11) is 0. The standard InChI is InChI=1S/C15H13Cl6FN4O2/c1-2-28-10(27)7-23-9-6-4-3-5-8(9)11-24-12(14(16,17)18)25-13(26(11)22)15(19,20)21/h3-6,13,23H,2,7H2,1H3. The van der Waals surface area contributed by atoms with Crippen molar-refractivity contribution in [3.8, 4) is 0 Å². The van der Waals surface area contributed by atoms with Gasteiger partial charge < -0.3 is 10.1 Å². The molecular weight excluding hydrogens is 500 g/mol. The van der Waals surface area contributed by atoms with Crippen LogP contribution in [0.4, 0.5) is 10.2 Å². The molecule has 0 saturated carbocycles. The van der Waals surface area contributed by atoms with E-state index in [2.05, 4.69) is 15.3 Å². The Labute approximate surface area is 190 Å². The van der Waals surface area contributed by atoms with Crippen molar-refractivity contribution in [3.05, 3.63) is 29.8 Å². The number of carbonyl (C=O) groups excluding carboxylic acids is 1. The number of aliphatic imine (C=N–C) groups is 2. The Morgan fingerprint density at radius 3 is 2.46 bits per heavy atom. The molecule has 1 unspecified atom stereocenters. The SMILES string of the molecule is CCOC(=O)CNc1ccccc1C1=NC(C(Cl)(Cl)Cl)=NC(C(Cl)(Cl)Cl)N1F. The number of hydrogen-bond donors (Lipinski definition) is 1. The predicted molar refractivity (Wildman–Crippen MR) is 113 cm³/mol. The van der Waals surface area contributed by atoms with Crippen molar-refractivity contribution in [1.82, 2.24) is 5.12 Å². The zero-order chi connectivity index (χ0) is 21.1. The molecule has 2 rings (SSSR count). The fraction of sp³-hybridized carbons (Fsp3) is 0.400. The van der Waals surface area contributed by atoms with E-state index in [1.54, 1.807) is 25.1 Å². The first kappa shape index (κ1) is 23.6. The van der Waals surface area contributed by atoms with E-state index >= 15 is 4.48 Å². The van der Waals surface area contributed by atoms with Gasteiger partial charge >= 0.3 is 5.97 Å². The summed E-state index contributed by atoms with van der Waals surface area (Å²) in [6, 6.07) is 6.40. The molecule has 0 aliphatic carbocycles. The molecule has 1 aliphatic rings. The van der Waals surface area contributed by atoms with E-state index in [9.17, 15) is 4.79 Å². The molecule has 1 N–H and O–H groups in total. The molecule has 0 fully saturated rings. The van der Waals surface area contributed by atoms with Crippen molar-refractivity contribution in [2.24, 2.45) is 9.98 Å². The highest BCUT2D eigenvalue weighted by Gasteiger charge is 2.45. The van der Waals surface area contributed by atoms with Crippen molar-refractivity contribution in [3.63, 3.8) is 0 Å². The third kappa shape index (κ3) is 5.90. The molecule has 1 aromatic rings. The average molecular weight is 513 g/mol. The molecule has 6 nitrogen and oxygen atoms in total. The van der Waals surface area contributed by atoms with Gasteiger partial charge in [-0.25, -0.2) is 9.98 Å². The number of amidine groups is 2. The summed E-state index contributed by atoms with van der Waals surface area (Å²) in [4.78, 5) is 19.4. The molecule has 28 heavy (non-hydrogen) atoms. The van der Waals surface area contributed by atoms with Crippen LogP contribution in [0.15, 0.2) is 34.3 Å². The lowest BCUT2D eigenvalue weighted by Crippen LogP contribution is -2.46. The molecule has 0 aromatic heterocycles. The molecule has 154 valence electrons. The number of nitrogens with zero attached hydrogens (tertiary/aromatic N) is 3. The zero-order valence-corrected chi connectivity index (χ0v) is 18.6. The predicted octanol–water partition coefficient (Wildman–Crippen LogP) is 5.07. The van der Waals surface area contributed by atoms with Crippen molar-refractivity contribution >= 4 is 92.9 Å². The number of benzene rings is 1. The number of carbonyl (C=O) groups is 1. The Bertz CT molecular complexity index is 793. The third-order valence-corrected chi connectivity index (χ3v) is 4.41. The van der Waals surface area contributed by atoms with E-state index in [1.807, 2.05) is 0 Å². The quantitative estimate of drug-likeness (QED) is 0.340. The monoisotopic (exact) mass is 510 g/mol. The molecule has 0 radical (unpaired) electrons. The smallest absolute Gasteiger partial charge is 0.325 e. The minimum absolute atomic E-state index is 0.0534. The Morgan fingerprint density at radius 1 is 1.25 bits per heavy atom. The minimum atomic E-state index is -2.19. The van der Waals surface area contributed by atoms with Crippen LogP contribution in [0.5, 0.6) is 0 Å². The van der Waals surface area contributed by atoms with Gasteiger partial charge in [0, 0.05) is 11.3 Å².